The van der Waals surface area contributed by atoms with Gasteiger partial charge in [-0.1, -0.05) is 6.07 Å². The SMILES string of the molecule is CNC(=O)c1cccc(NCC(=O)O)c1.Cl. The number of aliphatic carboxylic acids is 1. The summed E-state index contributed by atoms with van der Waals surface area (Å²) in [5.41, 5.74) is 1.10. The van der Waals surface area contributed by atoms with Crippen LogP contribution in [0.1, 0.15) is 10.4 Å². The van der Waals surface area contributed by atoms with Crippen molar-refractivity contribution in [1.29, 1.82) is 0 Å². The molecule has 0 fully saturated rings. The quantitative estimate of drug-likeness (QED) is 0.737. The molecule has 1 aromatic carbocycles. The molecule has 1 amide bonds. The smallest absolute Gasteiger partial charge is 0.322 e. The van der Waals surface area contributed by atoms with Gasteiger partial charge in [-0.15, -0.1) is 12.4 Å². The number of carboxylic acid groups (broad SMARTS) is 1. The maximum Gasteiger partial charge on any atom is 0.322 e. The molecule has 88 valence electrons. The summed E-state index contributed by atoms with van der Waals surface area (Å²) in [5, 5.41) is 13.6. The first-order valence-electron chi connectivity index (χ1n) is 4.41. The fourth-order valence-electron chi connectivity index (χ4n) is 1.09. The van der Waals surface area contributed by atoms with Crippen LogP contribution < -0.4 is 10.6 Å². The van der Waals surface area contributed by atoms with Crippen LogP contribution in [-0.4, -0.2) is 30.6 Å². The first kappa shape index (κ1) is 14.2. The van der Waals surface area contributed by atoms with Crippen LogP contribution in [0.2, 0.25) is 0 Å². The Morgan fingerprint density at radius 2 is 2.06 bits per heavy atom. The first-order valence-corrected chi connectivity index (χ1v) is 4.41. The number of rotatable bonds is 4. The van der Waals surface area contributed by atoms with Crippen LogP contribution in [-0.2, 0) is 4.79 Å². The summed E-state index contributed by atoms with van der Waals surface area (Å²) in [6.07, 6.45) is 0. The molecule has 6 heteroatoms. The van der Waals surface area contributed by atoms with Gasteiger partial charge in [0.15, 0.2) is 0 Å². The minimum Gasteiger partial charge on any atom is -0.480 e. The molecule has 0 aliphatic rings. The second-order valence-corrected chi connectivity index (χ2v) is 2.91. The fraction of sp³-hybridized carbons (Fsp3) is 0.200. The zero-order valence-corrected chi connectivity index (χ0v) is 9.50. The largest absolute Gasteiger partial charge is 0.480 e. The summed E-state index contributed by atoms with van der Waals surface area (Å²) in [6, 6.07) is 6.65. The van der Waals surface area contributed by atoms with E-state index in [0.29, 0.717) is 11.3 Å². The van der Waals surface area contributed by atoms with E-state index in [4.69, 9.17) is 5.11 Å². The van der Waals surface area contributed by atoms with Crippen molar-refractivity contribution >= 4 is 30.0 Å². The third kappa shape index (κ3) is 4.18. The molecule has 1 aromatic rings. The minimum absolute atomic E-state index is 0. The monoisotopic (exact) mass is 244 g/mol. The molecule has 0 bridgehead atoms. The van der Waals surface area contributed by atoms with Gasteiger partial charge < -0.3 is 15.7 Å². The fourth-order valence-corrected chi connectivity index (χ4v) is 1.09. The topological polar surface area (TPSA) is 78.4 Å². The van der Waals surface area contributed by atoms with E-state index in [1.54, 1.807) is 31.3 Å². The number of amides is 1. The van der Waals surface area contributed by atoms with Gasteiger partial charge in [0, 0.05) is 18.3 Å². The molecule has 0 aliphatic carbocycles. The van der Waals surface area contributed by atoms with E-state index in [9.17, 15) is 9.59 Å². The number of hydrogen-bond donors (Lipinski definition) is 3. The molecule has 3 N–H and O–H groups in total. The Hall–Kier alpha value is -1.75. The molecule has 0 aliphatic heterocycles. The van der Waals surface area contributed by atoms with Gasteiger partial charge in [-0.05, 0) is 18.2 Å². The summed E-state index contributed by atoms with van der Waals surface area (Å²) in [4.78, 5) is 21.6. The lowest BCUT2D eigenvalue weighted by atomic mass is 10.2. The molecular formula is C10H13ClN2O3. The van der Waals surface area contributed by atoms with Gasteiger partial charge in [-0.25, -0.2) is 0 Å². The molecular weight excluding hydrogens is 232 g/mol. The molecule has 0 saturated heterocycles. The Morgan fingerprint density at radius 1 is 1.38 bits per heavy atom. The van der Waals surface area contributed by atoms with E-state index in [2.05, 4.69) is 10.6 Å². The zero-order chi connectivity index (χ0) is 11.3. The van der Waals surface area contributed by atoms with Gasteiger partial charge >= 0.3 is 5.97 Å². The van der Waals surface area contributed by atoms with Gasteiger partial charge in [0.2, 0.25) is 0 Å². The third-order valence-corrected chi connectivity index (χ3v) is 1.80. The van der Waals surface area contributed by atoms with Crippen LogP contribution in [0, 0.1) is 0 Å². The maximum atomic E-state index is 11.2. The lowest BCUT2D eigenvalue weighted by Gasteiger charge is -2.05. The van der Waals surface area contributed by atoms with E-state index in [1.807, 2.05) is 0 Å². The number of carbonyl (C=O) groups excluding carboxylic acids is 1. The number of anilines is 1. The van der Waals surface area contributed by atoms with Crippen molar-refractivity contribution in [3.8, 4) is 0 Å². The van der Waals surface area contributed by atoms with Crippen molar-refractivity contribution in [3.63, 3.8) is 0 Å². The number of carbonyl (C=O) groups is 2. The van der Waals surface area contributed by atoms with Gasteiger partial charge in [0.05, 0.1) is 0 Å². The summed E-state index contributed by atoms with van der Waals surface area (Å²) >= 11 is 0. The van der Waals surface area contributed by atoms with Crippen LogP contribution in [0.4, 0.5) is 5.69 Å². The average molecular weight is 245 g/mol. The summed E-state index contributed by atoms with van der Waals surface area (Å²) in [5.74, 6) is -1.14. The average Bonchev–Trinajstić information content (AvgIpc) is 2.25. The molecule has 0 heterocycles. The number of hydrogen-bond acceptors (Lipinski definition) is 3. The Morgan fingerprint density at radius 3 is 2.62 bits per heavy atom. The van der Waals surface area contributed by atoms with E-state index >= 15 is 0 Å². The van der Waals surface area contributed by atoms with E-state index in [1.165, 1.54) is 0 Å². The highest BCUT2D eigenvalue weighted by Gasteiger charge is 2.03. The molecule has 0 aromatic heterocycles. The standard InChI is InChI=1S/C10H12N2O3.ClH/c1-11-10(15)7-3-2-4-8(5-7)12-6-9(13)14;/h2-5,12H,6H2,1H3,(H,11,15)(H,13,14);1H. The number of benzene rings is 1. The number of carboxylic acids is 1. The first-order chi connectivity index (χ1) is 7.13. The zero-order valence-electron chi connectivity index (χ0n) is 8.69. The van der Waals surface area contributed by atoms with Crippen molar-refractivity contribution in [2.75, 3.05) is 18.9 Å². The summed E-state index contributed by atoms with van der Waals surface area (Å²) < 4.78 is 0. The molecule has 1 rings (SSSR count). The van der Waals surface area contributed by atoms with E-state index < -0.39 is 5.97 Å². The highest BCUT2D eigenvalue weighted by molar-refractivity contribution is 5.94. The predicted octanol–water partition coefficient (Wildman–Crippen LogP) is 0.964. The lowest BCUT2D eigenvalue weighted by Crippen LogP contribution is -2.18. The van der Waals surface area contributed by atoms with Crippen LogP contribution in [0.3, 0.4) is 0 Å². The molecule has 16 heavy (non-hydrogen) atoms. The van der Waals surface area contributed by atoms with E-state index in [-0.39, 0.29) is 24.9 Å². The van der Waals surface area contributed by atoms with Gasteiger partial charge in [-0.2, -0.15) is 0 Å². The van der Waals surface area contributed by atoms with Crippen LogP contribution in [0.25, 0.3) is 0 Å². The summed E-state index contributed by atoms with van der Waals surface area (Å²) in [6.45, 7) is -0.169. The minimum atomic E-state index is -0.944. The molecule has 0 saturated carbocycles. The highest BCUT2D eigenvalue weighted by Crippen LogP contribution is 2.09. The molecule has 0 spiro atoms. The molecule has 5 nitrogen and oxygen atoms in total. The van der Waals surface area contributed by atoms with Gasteiger partial charge in [0.1, 0.15) is 6.54 Å². The van der Waals surface area contributed by atoms with Crippen molar-refractivity contribution in [2.24, 2.45) is 0 Å². The van der Waals surface area contributed by atoms with Crippen LogP contribution in [0.5, 0.6) is 0 Å². The predicted molar refractivity (Wildman–Crippen MR) is 63.2 cm³/mol. The van der Waals surface area contributed by atoms with Crippen molar-refractivity contribution in [1.82, 2.24) is 5.32 Å². The van der Waals surface area contributed by atoms with Crippen LogP contribution >= 0.6 is 12.4 Å². The van der Waals surface area contributed by atoms with Crippen molar-refractivity contribution < 1.29 is 14.7 Å². The maximum absolute atomic E-state index is 11.2. The summed E-state index contributed by atoms with van der Waals surface area (Å²) in [7, 11) is 1.54. The number of halogens is 1. The van der Waals surface area contributed by atoms with Gasteiger partial charge in [0.25, 0.3) is 5.91 Å². The van der Waals surface area contributed by atoms with Crippen LogP contribution in [0.15, 0.2) is 24.3 Å². The number of nitrogens with one attached hydrogen (secondary N) is 2. The Kier molecular flexibility index (Phi) is 5.95. The Balaban J connectivity index is 0.00000225. The van der Waals surface area contributed by atoms with Gasteiger partial charge in [-0.3, -0.25) is 9.59 Å². The Bertz CT molecular complexity index is 382. The van der Waals surface area contributed by atoms with E-state index in [0.717, 1.165) is 0 Å². The lowest BCUT2D eigenvalue weighted by molar-refractivity contribution is -0.134. The second-order valence-electron chi connectivity index (χ2n) is 2.91. The highest BCUT2D eigenvalue weighted by atomic mass is 35.5. The normalized spacial score (nSPS) is 8.81. The molecule has 0 radical (unpaired) electrons. The van der Waals surface area contributed by atoms with Crippen molar-refractivity contribution in [3.05, 3.63) is 29.8 Å². The second kappa shape index (κ2) is 6.68. The third-order valence-electron chi connectivity index (χ3n) is 1.80. The Labute approximate surface area is 99.3 Å². The molecule has 0 unspecified atom stereocenters. The van der Waals surface area contributed by atoms with Crippen molar-refractivity contribution in [2.45, 2.75) is 0 Å². The molecule has 0 atom stereocenters.